The van der Waals surface area contributed by atoms with Crippen molar-refractivity contribution in [3.63, 3.8) is 0 Å². The summed E-state index contributed by atoms with van der Waals surface area (Å²) in [6.07, 6.45) is 0.327. The quantitative estimate of drug-likeness (QED) is 0.799. The number of fused-ring (bicyclic) bond motifs is 1. The maximum absolute atomic E-state index is 12.8. The minimum absolute atomic E-state index is 0.0707. The highest BCUT2D eigenvalue weighted by atomic mass is 35.5. The average molecular weight is 300 g/mol. The van der Waals surface area contributed by atoms with Crippen LogP contribution in [0.25, 0.3) is 0 Å². The number of benzene rings is 2. The first kappa shape index (κ1) is 13.8. The summed E-state index contributed by atoms with van der Waals surface area (Å²) >= 11 is 6.13. The molecule has 0 saturated heterocycles. The Kier molecular flexibility index (Phi) is 3.52. The lowest BCUT2D eigenvalue weighted by molar-refractivity contribution is 0.0936. The van der Waals surface area contributed by atoms with E-state index in [2.05, 4.69) is 0 Å². The number of anilines is 1. The fourth-order valence-corrected chi connectivity index (χ4v) is 2.92. The molecule has 2 aromatic rings. The second-order valence-corrected chi connectivity index (χ2v) is 5.56. The van der Waals surface area contributed by atoms with Gasteiger partial charge in [0.05, 0.1) is 16.3 Å². The highest BCUT2D eigenvalue weighted by Gasteiger charge is 2.33. The van der Waals surface area contributed by atoms with Gasteiger partial charge in [-0.25, -0.2) is 0 Å². The van der Waals surface area contributed by atoms with Crippen molar-refractivity contribution in [2.24, 2.45) is 0 Å². The fraction of sp³-hybridized carbons (Fsp3) is 0.176. The maximum atomic E-state index is 12.8. The van der Waals surface area contributed by atoms with Crippen LogP contribution >= 0.6 is 11.6 Å². The molecule has 1 amide bonds. The van der Waals surface area contributed by atoms with E-state index in [0.717, 1.165) is 0 Å². The van der Waals surface area contributed by atoms with Crippen LogP contribution in [0.2, 0.25) is 5.02 Å². The lowest BCUT2D eigenvalue weighted by Crippen LogP contribution is -2.44. The third kappa shape index (κ3) is 2.34. The van der Waals surface area contributed by atoms with E-state index in [1.54, 1.807) is 41.3 Å². The van der Waals surface area contributed by atoms with E-state index in [4.69, 9.17) is 11.6 Å². The molecule has 1 unspecified atom stereocenters. The first-order chi connectivity index (χ1) is 10.1. The summed E-state index contributed by atoms with van der Waals surface area (Å²) < 4.78 is 0. The molecule has 0 radical (unpaired) electrons. The molecular weight excluding hydrogens is 286 g/mol. The van der Waals surface area contributed by atoms with Gasteiger partial charge in [-0.05, 0) is 31.2 Å². The van der Waals surface area contributed by atoms with Crippen molar-refractivity contribution in [3.8, 4) is 0 Å². The number of para-hydroxylation sites is 1. The SMILES string of the molecule is CC1CC(=O)c2ccccc2N1C(=O)c1ccccc1Cl. The third-order valence-corrected chi connectivity index (χ3v) is 4.04. The number of ketones is 1. The summed E-state index contributed by atoms with van der Waals surface area (Å²) in [5.41, 5.74) is 1.71. The van der Waals surface area contributed by atoms with Crippen molar-refractivity contribution < 1.29 is 9.59 Å². The van der Waals surface area contributed by atoms with Crippen LogP contribution in [0.15, 0.2) is 48.5 Å². The van der Waals surface area contributed by atoms with Crippen LogP contribution in [0, 0.1) is 0 Å². The number of nitrogens with zero attached hydrogens (tertiary/aromatic N) is 1. The fourth-order valence-electron chi connectivity index (χ4n) is 2.70. The van der Waals surface area contributed by atoms with Crippen LogP contribution in [0.1, 0.15) is 34.1 Å². The van der Waals surface area contributed by atoms with E-state index in [1.807, 2.05) is 19.1 Å². The summed E-state index contributed by atoms with van der Waals surface area (Å²) in [6.45, 7) is 1.88. The molecule has 0 bridgehead atoms. The number of rotatable bonds is 1. The second-order valence-electron chi connectivity index (χ2n) is 5.15. The molecule has 106 valence electrons. The molecule has 1 atom stereocenters. The van der Waals surface area contributed by atoms with Crippen molar-refractivity contribution in [1.82, 2.24) is 0 Å². The van der Waals surface area contributed by atoms with Crippen LogP contribution in [0.4, 0.5) is 5.69 Å². The summed E-state index contributed by atoms with van der Waals surface area (Å²) in [6, 6.07) is 14.0. The van der Waals surface area contributed by atoms with Crippen LogP contribution in [0.5, 0.6) is 0 Å². The van der Waals surface area contributed by atoms with Crippen LogP contribution in [-0.4, -0.2) is 17.7 Å². The zero-order valence-electron chi connectivity index (χ0n) is 11.5. The number of Topliss-reactive ketones (excluding diaryl/α,β-unsaturated/α-hetero) is 1. The maximum Gasteiger partial charge on any atom is 0.260 e. The van der Waals surface area contributed by atoms with E-state index < -0.39 is 0 Å². The van der Waals surface area contributed by atoms with Crippen molar-refractivity contribution in [1.29, 1.82) is 0 Å². The molecule has 0 fully saturated rings. The Morgan fingerprint density at radius 1 is 1.14 bits per heavy atom. The van der Waals surface area contributed by atoms with Crippen molar-refractivity contribution in [3.05, 3.63) is 64.7 Å². The molecule has 0 spiro atoms. The molecule has 4 heteroatoms. The predicted molar refractivity (Wildman–Crippen MR) is 83.1 cm³/mol. The van der Waals surface area contributed by atoms with Gasteiger partial charge in [0, 0.05) is 18.0 Å². The standard InChI is InChI=1S/C17H14ClNO2/c1-11-10-16(20)13-7-3-5-9-15(13)19(11)17(21)12-6-2-4-8-14(12)18/h2-9,11H,10H2,1H3. The Bertz CT molecular complexity index is 726. The van der Waals surface area contributed by atoms with Gasteiger partial charge in [0.15, 0.2) is 5.78 Å². The van der Waals surface area contributed by atoms with Gasteiger partial charge in [-0.15, -0.1) is 0 Å². The Morgan fingerprint density at radius 3 is 2.57 bits per heavy atom. The molecule has 1 heterocycles. The number of halogens is 1. The molecule has 0 aliphatic carbocycles. The van der Waals surface area contributed by atoms with E-state index in [1.165, 1.54) is 0 Å². The first-order valence-electron chi connectivity index (χ1n) is 6.80. The van der Waals surface area contributed by atoms with Crippen molar-refractivity contribution in [2.75, 3.05) is 4.90 Å². The number of carbonyl (C=O) groups is 2. The summed E-state index contributed by atoms with van der Waals surface area (Å²) in [5.74, 6) is -0.102. The summed E-state index contributed by atoms with van der Waals surface area (Å²) in [7, 11) is 0. The molecule has 2 aromatic carbocycles. The van der Waals surface area contributed by atoms with Gasteiger partial charge in [-0.2, -0.15) is 0 Å². The minimum atomic E-state index is -0.184. The second kappa shape index (κ2) is 5.34. The van der Waals surface area contributed by atoms with E-state index in [9.17, 15) is 9.59 Å². The van der Waals surface area contributed by atoms with Crippen LogP contribution < -0.4 is 4.90 Å². The summed E-state index contributed by atoms with van der Waals surface area (Å²) in [4.78, 5) is 26.6. The van der Waals surface area contributed by atoms with Crippen molar-refractivity contribution >= 4 is 29.0 Å². The third-order valence-electron chi connectivity index (χ3n) is 3.71. The van der Waals surface area contributed by atoms with Crippen LogP contribution in [-0.2, 0) is 0 Å². The van der Waals surface area contributed by atoms with E-state index >= 15 is 0 Å². The lowest BCUT2D eigenvalue weighted by Gasteiger charge is -2.34. The Balaban J connectivity index is 2.10. The highest BCUT2D eigenvalue weighted by Crippen LogP contribution is 2.32. The highest BCUT2D eigenvalue weighted by molar-refractivity contribution is 6.34. The number of amides is 1. The molecule has 0 N–H and O–H groups in total. The molecular formula is C17H14ClNO2. The largest absolute Gasteiger partial charge is 0.304 e. The van der Waals surface area contributed by atoms with Crippen LogP contribution in [0.3, 0.4) is 0 Å². The Morgan fingerprint density at radius 2 is 1.81 bits per heavy atom. The van der Waals surface area contributed by atoms with Gasteiger partial charge in [-0.3, -0.25) is 9.59 Å². The number of hydrogen-bond acceptors (Lipinski definition) is 2. The minimum Gasteiger partial charge on any atom is -0.304 e. The van der Waals surface area contributed by atoms with Gasteiger partial charge in [-0.1, -0.05) is 35.9 Å². The first-order valence-corrected chi connectivity index (χ1v) is 7.17. The van der Waals surface area contributed by atoms with Gasteiger partial charge in [0.2, 0.25) is 0 Å². The molecule has 21 heavy (non-hydrogen) atoms. The van der Waals surface area contributed by atoms with Gasteiger partial charge in [0.25, 0.3) is 5.91 Å². The summed E-state index contributed by atoms with van der Waals surface area (Å²) in [5, 5.41) is 0.420. The monoisotopic (exact) mass is 299 g/mol. The Hall–Kier alpha value is -2.13. The van der Waals surface area contributed by atoms with Crippen molar-refractivity contribution in [2.45, 2.75) is 19.4 Å². The van der Waals surface area contributed by atoms with E-state index in [0.29, 0.717) is 28.3 Å². The number of carbonyl (C=O) groups excluding carboxylic acids is 2. The average Bonchev–Trinajstić information content (AvgIpc) is 2.47. The molecule has 3 rings (SSSR count). The molecule has 0 aromatic heterocycles. The molecule has 3 nitrogen and oxygen atoms in total. The Labute approximate surface area is 128 Å². The zero-order valence-corrected chi connectivity index (χ0v) is 12.3. The molecule has 0 saturated carbocycles. The molecule has 1 aliphatic rings. The van der Waals surface area contributed by atoms with E-state index in [-0.39, 0.29) is 17.7 Å². The zero-order chi connectivity index (χ0) is 15.0. The normalized spacial score (nSPS) is 17.5. The van der Waals surface area contributed by atoms with Gasteiger partial charge in [0.1, 0.15) is 0 Å². The smallest absolute Gasteiger partial charge is 0.260 e. The van der Waals surface area contributed by atoms with Gasteiger partial charge >= 0.3 is 0 Å². The number of hydrogen-bond donors (Lipinski definition) is 0. The molecule has 1 aliphatic heterocycles. The predicted octanol–water partition coefficient (Wildman–Crippen LogP) is 3.96. The van der Waals surface area contributed by atoms with Gasteiger partial charge < -0.3 is 4.90 Å². The lowest BCUT2D eigenvalue weighted by atomic mass is 9.94. The topological polar surface area (TPSA) is 37.4 Å².